The Morgan fingerprint density at radius 2 is 1.87 bits per heavy atom. The Labute approximate surface area is 140 Å². The van der Waals surface area contributed by atoms with Crippen LogP contribution < -0.4 is 10.6 Å². The predicted molar refractivity (Wildman–Crippen MR) is 93.0 cm³/mol. The minimum Gasteiger partial charge on any atom is -0.352 e. The molecule has 2 unspecified atom stereocenters. The van der Waals surface area contributed by atoms with Gasteiger partial charge < -0.3 is 5.32 Å². The van der Waals surface area contributed by atoms with Gasteiger partial charge >= 0.3 is 0 Å². The molecule has 1 aromatic carbocycles. The molecule has 5 heteroatoms. The van der Waals surface area contributed by atoms with Gasteiger partial charge in [0.05, 0.1) is 12.6 Å². The van der Waals surface area contributed by atoms with E-state index in [1.54, 1.807) is 23.5 Å². The first kappa shape index (κ1) is 17.6. The van der Waals surface area contributed by atoms with Crippen LogP contribution >= 0.6 is 11.3 Å². The van der Waals surface area contributed by atoms with Crippen LogP contribution in [-0.4, -0.2) is 18.5 Å². The summed E-state index contributed by atoms with van der Waals surface area (Å²) in [5.74, 6) is 0.0983. The summed E-state index contributed by atoms with van der Waals surface area (Å²) >= 11 is 1.61. The Hall–Kier alpha value is -1.72. The molecule has 0 bridgehead atoms. The number of rotatable bonds is 7. The van der Waals surface area contributed by atoms with Gasteiger partial charge in [0.15, 0.2) is 0 Å². The lowest BCUT2D eigenvalue weighted by Gasteiger charge is -2.21. The number of carbonyl (C=O) groups excluding carboxylic acids is 1. The van der Waals surface area contributed by atoms with E-state index in [0.29, 0.717) is 5.92 Å². The van der Waals surface area contributed by atoms with Gasteiger partial charge in [-0.25, -0.2) is 4.39 Å². The Bertz CT molecular complexity index is 610. The van der Waals surface area contributed by atoms with E-state index < -0.39 is 0 Å². The molecule has 1 amide bonds. The van der Waals surface area contributed by atoms with Gasteiger partial charge in [-0.05, 0) is 42.0 Å². The summed E-state index contributed by atoms with van der Waals surface area (Å²) in [6.07, 6.45) is 0. The summed E-state index contributed by atoms with van der Waals surface area (Å²) in [5, 5.41) is 8.25. The highest BCUT2D eigenvalue weighted by atomic mass is 32.1. The van der Waals surface area contributed by atoms with Crippen molar-refractivity contribution in [3.8, 4) is 0 Å². The van der Waals surface area contributed by atoms with Crippen molar-refractivity contribution in [1.82, 2.24) is 10.6 Å². The molecule has 1 aromatic heterocycles. The zero-order valence-electron chi connectivity index (χ0n) is 13.7. The summed E-state index contributed by atoms with van der Waals surface area (Å²) in [6, 6.07) is 10.4. The number of benzene rings is 1. The van der Waals surface area contributed by atoms with Crippen LogP contribution in [0, 0.1) is 11.7 Å². The Morgan fingerprint density at radius 3 is 2.43 bits per heavy atom. The van der Waals surface area contributed by atoms with Crippen molar-refractivity contribution in [1.29, 1.82) is 0 Å². The molecule has 0 saturated carbocycles. The molecular formula is C18H23FN2OS. The Kier molecular flexibility index (Phi) is 6.30. The van der Waals surface area contributed by atoms with Crippen LogP contribution in [0.5, 0.6) is 0 Å². The molecule has 3 nitrogen and oxygen atoms in total. The van der Waals surface area contributed by atoms with Crippen LogP contribution in [0.4, 0.5) is 4.39 Å². The first-order chi connectivity index (χ1) is 11.0. The number of hydrogen-bond donors (Lipinski definition) is 2. The molecule has 0 spiro atoms. The molecule has 124 valence electrons. The normalized spacial score (nSPS) is 13.8. The zero-order chi connectivity index (χ0) is 16.8. The van der Waals surface area contributed by atoms with Crippen molar-refractivity contribution in [3.63, 3.8) is 0 Å². The van der Waals surface area contributed by atoms with Crippen LogP contribution in [0.1, 0.15) is 37.3 Å². The smallest absolute Gasteiger partial charge is 0.234 e. The average Bonchev–Trinajstić information content (AvgIpc) is 3.03. The van der Waals surface area contributed by atoms with Crippen LogP contribution in [0.25, 0.3) is 0 Å². The van der Waals surface area contributed by atoms with Gasteiger partial charge in [0, 0.05) is 10.9 Å². The van der Waals surface area contributed by atoms with Crippen molar-refractivity contribution >= 4 is 17.2 Å². The van der Waals surface area contributed by atoms with Crippen molar-refractivity contribution in [2.75, 3.05) is 6.54 Å². The molecule has 0 fully saturated rings. The summed E-state index contributed by atoms with van der Waals surface area (Å²) in [4.78, 5) is 13.2. The topological polar surface area (TPSA) is 41.1 Å². The first-order valence-electron chi connectivity index (χ1n) is 7.79. The third-order valence-electron chi connectivity index (χ3n) is 3.89. The fourth-order valence-electron chi connectivity index (χ4n) is 2.16. The lowest BCUT2D eigenvalue weighted by Crippen LogP contribution is -2.42. The van der Waals surface area contributed by atoms with Crippen LogP contribution in [-0.2, 0) is 4.79 Å². The van der Waals surface area contributed by atoms with E-state index in [-0.39, 0.29) is 30.4 Å². The van der Waals surface area contributed by atoms with Gasteiger partial charge in [-0.15, -0.1) is 11.3 Å². The molecule has 2 aromatic rings. The van der Waals surface area contributed by atoms with Crippen molar-refractivity contribution in [2.24, 2.45) is 5.92 Å². The predicted octanol–water partition coefficient (Wildman–Crippen LogP) is 3.73. The Balaban J connectivity index is 2.04. The molecule has 0 aliphatic rings. The van der Waals surface area contributed by atoms with Gasteiger partial charge in [-0.1, -0.05) is 32.0 Å². The first-order valence-corrected chi connectivity index (χ1v) is 8.67. The molecule has 0 radical (unpaired) electrons. The fourth-order valence-corrected chi connectivity index (χ4v) is 2.99. The molecule has 2 rings (SSSR count). The summed E-state index contributed by atoms with van der Waals surface area (Å²) in [6.45, 7) is 6.37. The number of hydrogen-bond acceptors (Lipinski definition) is 3. The monoisotopic (exact) mass is 334 g/mol. The largest absolute Gasteiger partial charge is 0.352 e. The van der Waals surface area contributed by atoms with Gasteiger partial charge in [0.2, 0.25) is 5.91 Å². The standard InChI is InChI=1S/C18H23FN2OS/c1-12(2)13(3)21-17(22)11-20-18(16-5-4-10-23-16)14-6-8-15(19)9-7-14/h4-10,12-13,18,20H,11H2,1-3H3,(H,21,22). The second-order valence-corrected chi connectivity index (χ2v) is 6.96. The molecule has 2 N–H and O–H groups in total. The van der Waals surface area contributed by atoms with Crippen molar-refractivity contribution in [2.45, 2.75) is 32.9 Å². The highest BCUT2D eigenvalue weighted by molar-refractivity contribution is 7.10. The molecule has 0 saturated heterocycles. The second kappa shape index (κ2) is 8.22. The Morgan fingerprint density at radius 1 is 1.17 bits per heavy atom. The van der Waals surface area contributed by atoms with Gasteiger partial charge in [-0.2, -0.15) is 0 Å². The molecule has 0 aliphatic carbocycles. The SMILES string of the molecule is CC(C)C(C)NC(=O)CNC(c1ccc(F)cc1)c1cccs1. The molecule has 2 atom stereocenters. The zero-order valence-corrected chi connectivity index (χ0v) is 14.5. The molecular weight excluding hydrogens is 311 g/mol. The highest BCUT2D eigenvalue weighted by Gasteiger charge is 2.17. The average molecular weight is 334 g/mol. The summed E-state index contributed by atoms with van der Waals surface area (Å²) in [5.41, 5.74) is 0.943. The van der Waals surface area contributed by atoms with Crippen LogP contribution in [0.3, 0.4) is 0 Å². The minimum atomic E-state index is -0.262. The second-order valence-electron chi connectivity index (χ2n) is 5.98. The van der Waals surface area contributed by atoms with E-state index in [1.165, 1.54) is 12.1 Å². The lowest BCUT2D eigenvalue weighted by atomic mass is 10.0. The van der Waals surface area contributed by atoms with Crippen LogP contribution in [0.2, 0.25) is 0 Å². The number of carbonyl (C=O) groups is 1. The highest BCUT2D eigenvalue weighted by Crippen LogP contribution is 2.26. The van der Waals surface area contributed by atoms with Gasteiger partial charge in [0.25, 0.3) is 0 Å². The van der Waals surface area contributed by atoms with E-state index in [0.717, 1.165) is 10.4 Å². The molecule has 1 heterocycles. The fraction of sp³-hybridized carbons (Fsp3) is 0.389. The summed E-state index contributed by atoms with van der Waals surface area (Å²) < 4.78 is 13.1. The quantitative estimate of drug-likeness (QED) is 0.810. The van der Waals surface area contributed by atoms with E-state index >= 15 is 0 Å². The summed E-state index contributed by atoms with van der Waals surface area (Å²) in [7, 11) is 0. The maximum Gasteiger partial charge on any atom is 0.234 e. The van der Waals surface area contributed by atoms with Crippen molar-refractivity contribution in [3.05, 3.63) is 58.0 Å². The van der Waals surface area contributed by atoms with Crippen LogP contribution in [0.15, 0.2) is 41.8 Å². The van der Waals surface area contributed by atoms with E-state index in [2.05, 4.69) is 24.5 Å². The third-order valence-corrected chi connectivity index (χ3v) is 4.82. The molecule has 23 heavy (non-hydrogen) atoms. The van der Waals surface area contributed by atoms with E-state index in [1.807, 2.05) is 24.4 Å². The molecule has 0 aliphatic heterocycles. The number of nitrogens with one attached hydrogen (secondary N) is 2. The van der Waals surface area contributed by atoms with Gasteiger partial charge in [0.1, 0.15) is 5.82 Å². The maximum absolute atomic E-state index is 13.1. The number of amides is 1. The number of thiophene rings is 1. The van der Waals surface area contributed by atoms with E-state index in [9.17, 15) is 9.18 Å². The van der Waals surface area contributed by atoms with E-state index in [4.69, 9.17) is 0 Å². The maximum atomic E-state index is 13.1. The van der Waals surface area contributed by atoms with Gasteiger partial charge in [-0.3, -0.25) is 10.1 Å². The minimum absolute atomic E-state index is 0.0325. The lowest BCUT2D eigenvalue weighted by molar-refractivity contribution is -0.121. The number of halogens is 1. The van der Waals surface area contributed by atoms with Crippen molar-refractivity contribution < 1.29 is 9.18 Å². The third kappa shape index (κ3) is 5.15.